The molecule has 0 aromatic heterocycles. The minimum atomic E-state index is -0.339. The van der Waals surface area contributed by atoms with Gasteiger partial charge < -0.3 is 15.8 Å². The molecule has 0 heterocycles. The lowest BCUT2D eigenvalue weighted by molar-refractivity contribution is 0.0379. The van der Waals surface area contributed by atoms with Crippen LogP contribution in [0.2, 0.25) is 0 Å². The van der Waals surface area contributed by atoms with E-state index in [-0.39, 0.29) is 12.1 Å². The van der Waals surface area contributed by atoms with Gasteiger partial charge in [0.25, 0.3) is 0 Å². The molecule has 0 aliphatic heterocycles. The zero-order valence-electron chi connectivity index (χ0n) is 12.2. The molecule has 0 bridgehead atoms. The maximum Gasteiger partial charge on any atom is 0.340 e. The van der Waals surface area contributed by atoms with Gasteiger partial charge in [-0.15, -0.1) is 0 Å². The number of nitrogens with one attached hydrogen (secondary N) is 1. The number of benzene rings is 1. The molecule has 0 radical (unpaired) electrons. The normalized spacial score (nSPS) is 10.8. The second kappa shape index (κ2) is 7.02. The number of esters is 1. The van der Waals surface area contributed by atoms with Crippen LogP contribution >= 0.6 is 0 Å². The van der Waals surface area contributed by atoms with Gasteiger partial charge in [-0.2, -0.15) is 0 Å². The number of rotatable bonds is 6. The van der Waals surface area contributed by atoms with Gasteiger partial charge in [-0.1, -0.05) is 13.8 Å². The zero-order chi connectivity index (χ0) is 14.4. The van der Waals surface area contributed by atoms with Gasteiger partial charge in [0.1, 0.15) is 0 Å². The average molecular weight is 264 g/mol. The highest BCUT2D eigenvalue weighted by Crippen LogP contribution is 2.21. The number of ether oxygens (including phenoxy) is 1. The number of anilines is 2. The van der Waals surface area contributed by atoms with Gasteiger partial charge in [0.15, 0.2) is 0 Å². The summed E-state index contributed by atoms with van der Waals surface area (Å²) in [5, 5.41) is 3.27. The van der Waals surface area contributed by atoms with E-state index in [9.17, 15) is 4.79 Å². The van der Waals surface area contributed by atoms with E-state index in [0.29, 0.717) is 17.2 Å². The summed E-state index contributed by atoms with van der Waals surface area (Å²) >= 11 is 0. The number of carbonyl (C=O) groups excluding carboxylic acids is 1. The number of carbonyl (C=O) groups is 1. The maximum absolute atomic E-state index is 12.0. The Bertz CT molecular complexity index is 428. The molecule has 4 nitrogen and oxygen atoms in total. The van der Waals surface area contributed by atoms with Crippen LogP contribution in [0.15, 0.2) is 18.2 Å². The first kappa shape index (κ1) is 15.3. The minimum absolute atomic E-state index is 0.141. The van der Waals surface area contributed by atoms with Crippen molar-refractivity contribution in [1.82, 2.24) is 0 Å². The van der Waals surface area contributed by atoms with E-state index in [1.165, 1.54) is 0 Å². The molecule has 0 saturated heterocycles. The average Bonchev–Trinajstić information content (AvgIpc) is 2.29. The van der Waals surface area contributed by atoms with Gasteiger partial charge in [-0.05, 0) is 44.4 Å². The Labute approximate surface area is 115 Å². The quantitative estimate of drug-likeness (QED) is 0.611. The molecule has 106 valence electrons. The number of hydrogen-bond donors (Lipinski definition) is 2. The number of nitrogen functional groups attached to an aromatic ring is 1. The molecule has 1 aromatic carbocycles. The van der Waals surface area contributed by atoms with Crippen molar-refractivity contribution in [1.29, 1.82) is 0 Å². The summed E-state index contributed by atoms with van der Waals surface area (Å²) in [6.07, 6.45) is 0.903. The predicted molar refractivity (Wildman–Crippen MR) is 79.4 cm³/mol. The Morgan fingerprint density at radius 1 is 1.32 bits per heavy atom. The van der Waals surface area contributed by atoms with E-state index in [2.05, 4.69) is 19.2 Å². The van der Waals surface area contributed by atoms with Gasteiger partial charge in [-0.25, -0.2) is 4.79 Å². The van der Waals surface area contributed by atoms with Gasteiger partial charge in [0.05, 0.1) is 11.7 Å². The van der Waals surface area contributed by atoms with Crippen LogP contribution in [0.3, 0.4) is 0 Å². The molecule has 0 aliphatic rings. The molecule has 19 heavy (non-hydrogen) atoms. The summed E-state index contributed by atoms with van der Waals surface area (Å²) in [5.74, 6) is 0.279. The fourth-order valence-electron chi connectivity index (χ4n) is 1.66. The molecule has 3 N–H and O–H groups in total. The third-order valence-electron chi connectivity index (χ3n) is 2.64. The van der Waals surface area contributed by atoms with E-state index in [1.54, 1.807) is 12.1 Å². The van der Waals surface area contributed by atoms with Crippen molar-refractivity contribution in [3.63, 3.8) is 0 Å². The van der Waals surface area contributed by atoms with E-state index in [0.717, 1.165) is 18.7 Å². The second-order valence-electron chi connectivity index (χ2n) is 5.37. The second-order valence-corrected chi connectivity index (χ2v) is 5.37. The van der Waals surface area contributed by atoms with Crippen LogP contribution in [0.1, 0.15) is 44.5 Å². The van der Waals surface area contributed by atoms with E-state index in [1.807, 2.05) is 19.9 Å². The van der Waals surface area contributed by atoms with Crippen molar-refractivity contribution in [2.45, 2.75) is 40.2 Å². The molecule has 0 saturated carbocycles. The van der Waals surface area contributed by atoms with Crippen LogP contribution in [0.25, 0.3) is 0 Å². The maximum atomic E-state index is 12.0. The van der Waals surface area contributed by atoms with Crippen LogP contribution < -0.4 is 11.1 Å². The Kier molecular flexibility index (Phi) is 5.67. The number of hydrogen-bond acceptors (Lipinski definition) is 4. The Hall–Kier alpha value is -1.71. The largest absolute Gasteiger partial charge is 0.459 e. The lowest BCUT2D eigenvalue weighted by atomic mass is 10.1. The third kappa shape index (κ3) is 5.20. The first-order valence-corrected chi connectivity index (χ1v) is 6.74. The highest BCUT2D eigenvalue weighted by molar-refractivity contribution is 5.96. The molecule has 0 fully saturated rings. The summed E-state index contributed by atoms with van der Waals surface area (Å²) in [4.78, 5) is 12.0. The topological polar surface area (TPSA) is 64.3 Å². The Balaban J connectivity index is 2.82. The van der Waals surface area contributed by atoms with Crippen molar-refractivity contribution in [3.05, 3.63) is 23.8 Å². The predicted octanol–water partition coefficient (Wildman–Crippen LogP) is 3.29. The van der Waals surface area contributed by atoms with Gasteiger partial charge in [-0.3, -0.25) is 0 Å². The molecule has 1 rings (SSSR count). The molecule has 0 spiro atoms. The fraction of sp³-hybridized carbons (Fsp3) is 0.533. The molecule has 0 aliphatic carbocycles. The Morgan fingerprint density at radius 2 is 2.00 bits per heavy atom. The van der Waals surface area contributed by atoms with Crippen LogP contribution in [0, 0.1) is 5.92 Å². The van der Waals surface area contributed by atoms with E-state index >= 15 is 0 Å². The minimum Gasteiger partial charge on any atom is -0.459 e. The molecule has 1 aromatic rings. The van der Waals surface area contributed by atoms with Crippen molar-refractivity contribution < 1.29 is 9.53 Å². The lowest BCUT2D eigenvalue weighted by Gasteiger charge is -2.14. The summed E-state index contributed by atoms with van der Waals surface area (Å²) in [6, 6.07) is 5.26. The van der Waals surface area contributed by atoms with E-state index in [4.69, 9.17) is 10.5 Å². The SMILES string of the molecule is CC(C)CCNc1ccc(N)cc1C(=O)OC(C)C. The van der Waals surface area contributed by atoms with Crippen molar-refractivity contribution in [3.8, 4) is 0 Å². The lowest BCUT2D eigenvalue weighted by Crippen LogP contribution is -2.15. The van der Waals surface area contributed by atoms with Gasteiger partial charge in [0.2, 0.25) is 0 Å². The number of nitrogens with two attached hydrogens (primary N) is 1. The fourth-order valence-corrected chi connectivity index (χ4v) is 1.66. The van der Waals surface area contributed by atoms with Crippen LogP contribution in [-0.2, 0) is 4.74 Å². The molecule has 0 amide bonds. The summed E-state index contributed by atoms with van der Waals surface area (Å²) in [6.45, 7) is 8.81. The van der Waals surface area contributed by atoms with Crippen molar-refractivity contribution in [2.24, 2.45) is 5.92 Å². The van der Waals surface area contributed by atoms with Crippen molar-refractivity contribution in [2.75, 3.05) is 17.6 Å². The van der Waals surface area contributed by atoms with Gasteiger partial charge in [0, 0.05) is 17.9 Å². The first-order chi connectivity index (χ1) is 8.90. The summed E-state index contributed by atoms with van der Waals surface area (Å²) < 4.78 is 5.22. The summed E-state index contributed by atoms with van der Waals surface area (Å²) in [7, 11) is 0. The van der Waals surface area contributed by atoms with Crippen LogP contribution in [0.4, 0.5) is 11.4 Å². The summed E-state index contributed by atoms with van der Waals surface area (Å²) in [5.41, 5.74) is 7.57. The monoisotopic (exact) mass is 264 g/mol. The standard InChI is InChI=1S/C15H24N2O2/c1-10(2)7-8-17-14-6-5-12(16)9-13(14)15(18)19-11(3)4/h5-6,9-11,17H,7-8,16H2,1-4H3. The van der Waals surface area contributed by atoms with Crippen LogP contribution in [-0.4, -0.2) is 18.6 Å². The smallest absolute Gasteiger partial charge is 0.340 e. The molecule has 0 unspecified atom stereocenters. The molecular formula is C15H24N2O2. The Morgan fingerprint density at radius 3 is 2.58 bits per heavy atom. The zero-order valence-corrected chi connectivity index (χ0v) is 12.2. The first-order valence-electron chi connectivity index (χ1n) is 6.74. The van der Waals surface area contributed by atoms with Crippen LogP contribution in [0.5, 0.6) is 0 Å². The van der Waals surface area contributed by atoms with Crippen molar-refractivity contribution >= 4 is 17.3 Å². The highest BCUT2D eigenvalue weighted by Gasteiger charge is 2.14. The van der Waals surface area contributed by atoms with E-state index < -0.39 is 0 Å². The third-order valence-corrected chi connectivity index (χ3v) is 2.64. The van der Waals surface area contributed by atoms with Gasteiger partial charge >= 0.3 is 5.97 Å². The molecule has 0 atom stereocenters. The molecular weight excluding hydrogens is 240 g/mol. The highest BCUT2D eigenvalue weighted by atomic mass is 16.5. The molecule has 4 heteroatoms.